The van der Waals surface area contributed by atoms with E-state index in [4.69, 9.17) is 5.11 Å². The van der Waals surface area contributed by atoms with E-state index in [1.807, 2.05) is 0 Å². The Labute approximate surface area is 118 Å². The van der Waals surface area contributed by atoms with Gasteiger partial charge in [0.05, 0.1) is 11.7 Å². The molecule has 3 aliphatic rings. The van der Waals surface area contributed by atoms with Crippen molar-refractivity contribution in [3.8, 4) is 0 Å². The van der Waals surface area contributed by atoms with Gasteiger partial charge >= 0.3 is 5.97 Å². The number of aromatic carboxylic acids is 1. The van der Waals surface area contributed by atoms with Crippen molar-refractivity contribution < 1.29 is 15.0 Å². The number of carbonyl (C=O) groups is 1. The molecule has 0 saturated heterocycles. The lowest BCUT2D eigenvalue weighted by atomic mass is 9.80. The van der Waals surface area contributed by atoms with Crippen LogP contribution in [0.1, 0.15) is 29.6 Å². The number of carboxylic acids is 1. The molecular formula is C17H20O3. The predicted octanol–water partition coefficient (Wildman–Crippen LogP) is 2.96. The molecule has 0 spiro atoms. The molecular weight excluding hydrogens is 252 g/mol. The van der Waals surface area contributed by atoms with Crippen molar-refractivity contribution in [2.24, 2.45) is 23.7 Å². The minimum atomic E-state index is -0.879. The van der Waals surface area contributed by atoms with Crippen molar-refractivity contribution >= 4 is 5.97 Å². The van der Waals surface area contributed by atoms with Crippen LogP contribution in [0.5, 0.6) is 0 Å². The van der Waals surface area contributed by atoms with Crippen LogP contribution in [-0.4, -0.2) is 22.3 Å². The summed E-state index contributed by atoms with van der Waals surface area (Å²) >= 11 is 0. The van der Waals surface area contributed by atoms with Gasteiger partial charge in [0.1, 0.15) is 0 Å². The van der Waals surface area contributed by atoms with Crippen molar-refractivity contribution in [2.75, 3.05) is 0 Å². The van der Waals surface area contributed by atoms with Gasteiger partial charge in [-0.25, -0.2) is 4.79 Å². The normalized spacial score (nSPS) is 36.4. The fraction of sp³-hybridized carbons (Fsp3) is 0.471. The van der Waals surface area contributed by atoms with Crippen LogP contribution in [0.15, 0.2) is 42.5 Å². The second-order valence-corrected chi connectivity index (χ2v) is 6.04. The Hall–Kier alpha value is -1.61. The summed E-state index contributed by atoms with van der Waals surface area (Å²) < 4.78 is 0. The lowest BCUT2D eigenvalue weighted by Crippen LogP contribution is -2.27. The van der Waals surface area contributed by atoms with E-state index in [0.717, 1.165) is 24.2 Å². The van der Waals surface area contributed by atoms with E-state index in [1.165, 1.54) is 12.8 Å². The molecule has 106 valence electrons. The maximum absolute atomic E-state index is 10.2. The zero-order valence-corrected chi connectivity index (χ0v) is 11.4. The molecule has 2 saturated carbocycles. The summed E-state index contributed by atoms with van der Waals surface area (Å²) in [4.78, 5) is 10.2. The van der Waals surface area contributed by atoms with E-state index >= 15 is 0 Å². The Morgan fingerprint density at radius 1 is 1.10 bits per heavy atom. The summed E-state index contributed by atoms with van der Waals surface area (Å²) in [6.07, 6.45) is 8.37. The second kappa shape index (κ2) is 5.41. The Balaban J connectivity index is 0.000000124. The monoisotopic (exact) mass is 272 g/mol. The number of carboxylic acid groups (broad SMARTS) is 1. The molecule has 3 nitrogen and oxygen atoms in total. The van der Waals surface area contributed by atoms with Crippen LogP contribution < -0.4 is 0 Å². The van der Waals surface area contributed by atoms with E-state index in [2.05, 4.69) is 12.2 Å². The maximum atomic E-state index is 10.2. The summed E-state index contributed by atoms with van der Waals surface area (Å²) in [5.74, 6) is 2.28. The minimum Gasteiger partial charge on any atom is -0.478 e. The summed E-state index contributed by atoms with van der Waals surface area (Å²) in [7, 11) is 0. The van der Waals surface area contributed by atoms with Gasteiger partial charge in [-0.15, -0.1) is 0 Å². The standard InChI is InChI=1S/C10H14O.C7H6O2/c11-10-5-6-4-9(10)8-3-1-2-7(6)8;8-7(9)6-4-2-1-3-5-6/h1-2,6-11H,3-5H2;1-5H,(H,8,9). The van der Waals surface area contributed by atoms with E-state index in [-0.39, 0.29) is 6.10 Å². The number of aliphatic hydroxyl groups is 1. The zero-order chi connectivity index (χ0) is 14.1. The zero-order valence-electron chi connectivity index (χ0n) is 11.4. The Morgan fingerprint density at radius 2 is 1.85 bits per heavy atom. The van der Waals surface area contributed by atoms with Gasteiger partial charge in [0.2, 0.25) is 0 Å². The first-order valence-corrected chi connectivity index (χ1v) is 7.30. The number of hydrogen-bond acceptors (Lipinski definition) is 2. The molecule has 5 unspecified atom stereocenters. The lowest BCUT2D eigenvalue weighted by molar-refractivity contribution is 0.0692. The average molecular weight is 272 g/mol. The van der Waals surface area contributed by atoms with Crippen molar-refractivity contribution in [1.29, 1.82) is 0 Å². The van der Waals surface area contributed by atoms with Crippen LogP contribution in [0, 0.1) is 23.7 Å². The average Bonchev–Trinajstić information content (AvgIpc) is 3.12. The molecule has 0 aromatic heterocycles. The van der Waals surface area contributed by atoms with Crippen LogP contribution in [0.4, 0.5) is 0 Å². The summed E-state index contributed by atoms with van der Waals surface area (Å²) in [5.41, 5.74) is 0.331. The lowest BCUT2D eigenvalue weighted by Gasteiger charge is -2.27. The van der Waals surface area contributed by atoms with Crippen LogP contribution in [-0.2, 0) is 0 Å². The molecule has 4 rings (SSSR count). The van der Waals surface area contributed by atoms with Gasteiger partial charge in [0.15, 0.2) is 0 Å². The van der Waals surface area contributed by atoms with Crippen molar-refractivity contribution in [2.45, 2.75) is 25.4 Å². The molecule has 3 aliphatic carbocycles. The highest BCUT2D eigenvalue weighted by atomic mass is 16.4. The van der Waals surface area contributed by atoms with E-state index < -0.39 is 5.97 Å². The van der Waals surface area contributed by atoms with E-state index in [9.17, 15) is 9.90 Å². The van der Waals surface area contributed by atoms with Crippen molar-refractivity contribution in [1.82, 2.24) is 0 Å². The predicted molar refractivity (Wildman–Crippen MR) is 76.4 cm³/mol. The molecule has 2 N–H and O–H groups in total. The van der Waals surface area contributed by atoms with Gasteiger partial charge in [-0.2, -0.15) is 0 Å². The highest BCUT2D eigenvalue weighted by Gasteiger charge is 2.51. The van der Waals surface area contributed by atoms with Crippen LogP contribution in [0.2, 0.25) is 0 Å². The van der Waals surface area contributed by atoms with Crippen molar-refractivity contribution in [3.05, 3.63) is 48.0 Å². The Kier molecular flexibility index (Phi) is 3.62. The van der Waals surface area contributed by atoms with Gasteiger partial charge in [-0.3, -0.25) is 0 Å². The van der Waals surface area contributed by atoms with Gasteiger partial charge in [-0.05, 0) is 55.1 Å². The molecule has 5 atom stereocenters. The highest BCUT2D eigenvalue weighted by molar-refractivity contribution is 5.87. The molecule has 0 radical (unpaired) electrons. The molecule has 1 aromatic rings. The topological polar surface area (TPSA) is 57.5 Å². The summed E-state index contributed by atoms with van der Waals surface area (Å²) in [5, 5.41) is 18.0. The van der Waals surface area contributed by atoms with Crippen LogP contribution in [0.25, 0.3) is 0 Å². The van der Waals surface area contributed by atoms with E-state index in [0.29, 0.717) is 11.5 Å². The smallest absolute Gasteiger partial charge is 0.335 e. The van der Waals surface area contributed by atoms with Gasteiger partial charge in [-0.1, -0.05) is 30.4 Å². The Morgan fingerprint density at radius 3 is 2.50 bits per heavy atom. The molecule has 0 heterocycles. The maximum Gasteiger partial charge on any atom is 0.335 e. The summed E-state index contributed by atoms with van der Waals surface area (Å²) in [6.45, 7) is 0. The summed E-state index contributed by atoms with van der Waals surface area (Å²) in [6, 6.07) is 8.30. The molecule has 20 heavy (non-hydrogen) atoms. The Bertz CT molecular complexity index is 508. The molecule has 2 bridgehead atoms. The third-order valence-electron chi connectivity index (χ3n) is 4.99. The van der Waals surface area contributed by atoms with Crippen LogP contribution in [0.3, 0.4) is 0 Å². The highest BCUT2D eigenvalue weighted by Crippen LogP contribution is 2.56. The fourth-order valence-electron chi connectivity index (χ4n) is 4.10. The number of benzene rings is 1. The molecule has 3 heteroatoms. The number of aliphatic hydroxyl groups excluding tert-OH is 1. The molecule has 2 fully saturated rings. The van der Waals surface area contributed by atoms with Gasteiger partial charge in [0, 0.05) is 0 Å². The van der Waals surface area contributed by atoms with E-state index in [1.54, 1.807) is 30.3 Å². The SMILES string of the molecule is O=C(O)c1ccccc1.OC1CC2CC1C1CC=CC21. The number of hydrogen-bond donors (Lipinski definition) is 2. The first-order valence-electron chi connectivity index (χ1n) is 7.30. The number of fused-ring (bicyclic) bond motifs is 5. The van der Waals surface area contributed by atoms with Gasteiger partial charge in [0.25, 0.3) is 0 Å². The minimum absolute atomic E-state index is 0.0427. The first-order chi connectivity index (χ1) is 9.66. The molecule has 0 amide bonds. The molecule has 1 aromatic carbocycles. The molecule has 0 aliphatic heterocycles. The third kappa shape index (κ3) is 2.38. The number of rotatable bonds is 1. The number of allylic oxidation sites excluding steroid dienone is 2. The second-order valence-electron chi connectivity index (χ2n) is 6.04. The van der Waals surface area contributed by atoms with Gasteiger partial charge < -0.3 is 10.2 Å². The quantitative estimate of drug-likeness (QED) is 0.773. The van der Waals surface area contributed by atoms with Crippen LogP contribution >= 0.6 is 0 Å². The largest absolute Gasteiger partial charge is 0.478 e. The third-order valence-corrected chi connectivity index (χ3v) is 4.99. The first kappa shape index (κ1) is 13.4. The fourth-order valence-corrected chi connectivity index (χ4v) is 4.10. The van der Waals surface area contributed by atoms with Crippen molar-refractivity contribution in [3.63, 3.8) is 0 Å².